The van der Waals surface area contributed by atoms with Crippen molar-refractivity contribution in [1.29, 1.82) is 0 Å². The zero-order valence-corrected chi connectivity index (χ0v) is 9.45. The third kappa shape index (κ3) is 2.19. The summed E-state index contributed by atoms with van der Waals surface area (Å²) in [6.45, 7) is 1.62. The van der Waals surface area contributed by atoms with Crippen LogP contribution in [0.5, 0.6) is 0 Å². The van der Waals surface area contributed by atoms with Gasteiger partial charge >= 0.3 is 5.69 Å². The van der Waals surface area contributed by atoms with Crippen LogP contribution in [-0.4, -0.2) is 29.2 Å². The highest BCUT2D eigenvalue weighted by Gasteiger charge is 2.13. The molecule has 90 valence electrons. The number of aromatic nitrogens is 2. The summed E-state index contributed by atoms with van der Waals surface area (Å²) in [4.78, 5) is 16.6. The van der Waals surface area contributed by atoms with Crippen molar-refractivity contribution >= 4 is 16.7 Å². The fraction of sp³-hybridized carbons (Fsp3) is 0.417. The molecule has 0 aliphatic carbocycles. The highest BCUT2D eigenvalue weighted by molar-refractivity contribution is 5.78. The second kappa shape index (κ2) is 4.25. The second-order valence-electron chi connectivity index (χ2n) is 4.40. The molecule has 5 heteroatoms. The number of benzene rings is 1. The van der Waals surface area contributed by atoms with Gasteiger partial charge in [-0.05, 0) is 31.0 Å². The molecule has 3 rings (SSSR count). The van der Waals surface area contributed by atoms with E-state index in [4.69, 9.17) is 4.74 Å². The lowest BCUT2D eigenvalue weighted by atomic mass is 10.1. The Hall–Kier alpha value is -1.75. The van der Waals surface area contributed by atoms with E-state index >= 15 is 0 Å². The maximum Gasteiger partial charge on any atom is 0.323 e. The zero-order chi connectivity index (χ0) is 11.7. The zero-order valence-electron chi connectivity index (χ0n) is 9.45. The normalized spacial score (nSPS) is 20.6. The molecule has 0 radical (unpaired) electrons. The number of ether oxygens (including phenoxy) is 1. The number of H-pyrrole nitrogens is 2. The van der Waals surface area contributed by atoms with Crippen molar-refractivity contribution in [3.8, 4) is 0 Å². The molecular weight excluding hydrogens is 218 g/mol. The van der Waals surface area contributed by atoms with E-state index in [1.165, 1.54) is 0 Å². The van der Waals surface area contributed by atoms with Crippen molar-refractivity contribution in [2.75, 3.05) is 18.5 Å². The molecule has 1 atom stereocenters. The maximum absolute atomic E-state index is 11.1. The first kappa shape index (κ1) is 10.4. The lowest BCUT2D eigenvalue weighted by Crippen LogP contribution is -2.29. The third-order valence-electron chi connectivity index (χ3n) is 3.05. The van der Waals surface area contributed by atoms with Crippen LogP contribution < -0.4 is 11.0 Å². The Morgan fingerprint density at radius 3 is 3.00 bits per heavy atom. The molecule has 1 fully saturated rings. The van der Waals surface area contributed by atoms with Crippen molar-refractivity contribution in [1.82, 2.24) is 9.97 Å². The molecule has 1 unspecified atom stereocenters. The first-order chi connectivity index (χ1) is 8.31. The van der Waals surface area contributed by atoms with Gasteiger partial charge in [0.1, 0.15) is 0 Å². The van der Waals surface area contributed by atoms with E-state index in [9.17, 15) is 4.79 Å². The van der Waals surface area contributed by atoms with E-state index < -0.39 is 0 Å². The quantitative estimate of drug-likeness (QED) is 0.735. The molecule has 0 saturated carbocycles. The largest absolute Gasteiger partial charge is 0.380 e. The summed E-state index contributed by atoms with van der Waals surface area (Å²) in [6, 6.07) is 6.19. The lowest BCUT2D eigenvalue weighted by molar-refractivity contribution is 0.0876. The number of hydrogen-bond acceptors (Lipinski definition) is 3. The van der Waals surface area contributed by atoms with Gasteiger partial charge < -0.3 is 20.0 Å². The van der Waals surface area contributed by atoms with Gasteiger partial charge in [0.15, 0.2) is 0 Å². The predicted octanol–water partition coefficient (Wildman–Crippen LogP) is 1.45. The fourth-order valence-corrected chi connectivity index (χ4v) is 2.21. The van der Waals surface area contributed by atoms with Crippen molar-refractivity contribution in [3.63, 3.8) is 0 Å². The summed E-state index contributed by atoms with van der Waals surface area (Å²) >= 11 is 0. The van der Waals surface area contributed by atoms with E-state index in [2.05, 4.69) is 15.3 Å². The van der Waals surface area contributed by atoms with Gasteiger partial charge in [0.2, 0.25) is 0 Å². The van der Waals surface area contributed by atoms with E-state index in [1.54, 1.807) is 0 Å². The van der Waals surface area contributed by atoms with E-state index in [-0.39, 0.29) is 5.69 Å². The number of aromatic amines is 2. The average molecular weight is 233 g/mol. The highest BCUT2D eigenvalue weighted by atomic mass is 16.5. The molecule has 5 nitrogen and oxygen atoms in total. The minimum Gasteiger partial charge on any atom is -0.380 e. The first-order valence-electron chi connectivity index (χ1n) is 5.87. The summed E-state index contributed by atoms with van der Waals surface area (Å²) < 4.78 is 5.42. The summed E-state index contributed by atoms with van der Waals surface area (Å²) in [5, 5.41) is 3.42. The van der Waals surface area contributed by atoms with Gasteiger partial charge in [0, 0.05) is 18.3 Å². The van der Waals surface area contributed by atoms with E-state index in [0.29, 0.717) is 6.04 Å². The Bertz CT molecular complexity index is 566. The number of nitrogens with one attached hydrogen (secondary N) is 3. The molecule has 0 spiro atoms. The van der Waals surface area contributed by atoms with Gasteiger partial charge in [-0.25, -0.2) is 4.79 Å². The first-order valence-corrected chi connectivity index (χ1v) is 5.87. The number of fused-ring (bicyclic) bond motifs is 1. The highest BCUT2D eigenvalue weighted by Crippen LogP contribution is 2.18. The van der Waals surface area contributed by atoms with Crippen LogP contribution in [0.4, 0.5) is 5.69 Å². The molecule has 3 N–H and O–H groups in total. The molecule has 0 amide bonds. The molecule has 0 bridgehead atoms. The minimum absolute atomic E-state index is 0.168. The molecule has 1 aromatic carbocycles. The van der Waals surface area contributed by atoms with Gasteiger partial charge in [0.05, 0.1) is 17.6 Å². The molecule has 2 heterocycles. The minimum atomic E-state index is -0.168. The maximum atomic E-state index is 11.1. The Morgan fingerprint density at radius 1 is 1.29 bits per heavy atom. The Labute approximate surface area is 98.2 Å². The fourth-order valence-electron chi connectivity index (χ4n) is 2.21. The van der Waals surface area contributed by atoms with Crippen LogP contribution in [0.25, 0.3) is 11.0 Å². The number of rotatable bonds is 2. The van der Waals surface area contributed by atoms with E-state index in [1.807, 2.05) is 18.2 Å². The Morgan fingerprint density at radius 2 is 2.18 bits per heavy atom. The van der Waals surface area contributed by atoms with Crippen molar-refractivity contribution in [2.45, 2.75) is 18.9 Å². The Balaban J connectivity index is 1.82. The van der Waals surface area contributed by atoms with Gasteiger partial charge in [0.25, 0.3) is 0 Å². The molecule has 17 heavy (non-hydrogen) atoms. The number of hydrogen-bond donors (Lipinski definition) is 3. The van der Waals surface area contributed by atoms with Crippen LogP contribution in [0.2, 0.25) is 0 Å². The van der Waals surface area contributed by atoms with Crippen LogP contribution >= 0.6 is 0 Å². The van der Waals surface area contributed by atoms with Gasteiger partial charge in [-0.2, -0.15) is 0 Å². The van der Waals surface area contributed by atoms with Gasteiger partial charge in [-0.15, -0.1) is 0 Å². The monoisotopic (exact) mass is 233 g/mol. The van der Waals surface area contributed by atoms with Crippen molar-refractivity contribution in [3.05, 3.63) is 28.7 Å². The summed E-state index contributed by atoms with van der Waals surface area (Å²) in [5.74, 6) is 0. The van der Waals surface area contributed by atoms with Crippen LogP contribution in [0, 0.1) is 0 Å². The smallest absolute Gasteiger partial charge is 0.323 e. The SMILES string of the molecule is O=c1[nH]c2ccc(NC3CCCOC3)cc2[nH]1. The van der Waals surface area contributed by atoms with E-state index in [0.717, 1.165) is 42.8 Å². The molecular formula is C12H15N3O2. The van der Waals surface area contributed by atoms with Crippen molar-refractivity contribution < 1.29 is 4.74 Å². The topological polar surface area (TPSA) is 69.9 Å². The standard InChI is InChI=1S/C12H15N3O2/c16-12-14-10-4-3-8(6-11(10)15-12)13-9-2-1-5-17-7-9/h3-4,6,9,13H,1-2,5,7H2,(H2,14,15,16). The van der Waals surface area contributed by atoms with Crippen LogP contribution in [0.1, 0.15) is 12.8 Å². The molecule has 1 aliphatic rings. The van der Waals surface area contributed by atoms with Crippen LogP contribution in [-0.2, 0) is 4.74 Å². The summed E-state index contributed by atoms with van der Waals surface area (Å²) in [7, 11) is 0. The molecule has 2 aromatic rings. The predicted molar refractivity (Wildman–Crippen MR) is 66.4 cm³/mol. The molecule has 1 saturated heterocycles. The molecule has 1 aromatic heterocycles. The summed E-state index contributed by atoms with van der Waals surface area (Å²) in [6.07, 6.45) is 2.22. The average Bonchev–Trinajstić information content (AvgIpc) is 2.70. The third-order valence-corrected chi connectivity index (χ3v) is 3.05. The van der Waals surface area contributed by atoms with Crippen LogP contribution in [0.3, 0.4) is 0 Å². The number of imidazole rings is 1. The van der Waals surface area contributed by atoms with Gasteiger partial charge in [-0.1, -0.05) is 0 Å². The second-order valence-corrected chi connectivity index (χ2v) is 4.40. The van der Waals surface area contributed by atoms with Gasteiger partial charge in [-0.3, -0.25) is 0 Å². The Kier molecular flexibility index (Phi) is 2.60. The van der Waals surface area contributed by atoms with Crippen LogP contribution in [0.15, 0.2) is 23.0 Å². The molecule has 1 aliphatic heterocycles. The van der Waals surface area contributed by atoms with Crippen molar-refractivity contribution in [2.24, 2.45) is 0 Å². The lowest BCUT2D eigenvalue weighted by Gasteiger charge is -2.24. The number of anilines is 1. The summed E-state index contributed by atoms with van der Waals surface area (Å²) in [5.41, 5.74) is 2.51.